The highest BCUT2D eigenvalue weighted by molar-refractivity contribution is 5.97. The Morgan fingerprint density at radius 1 is 1.08 bits per heavy atom. The third kappa shape index (κ3) is 5.25. The van der Waals surface area contributed by atoms with Crippen molar-refractivity contribution in [1.82, 2.24) is 14.9 Å². The monoisotopic (exact) mass is 485 g/mol. The Hall–Kier alpha value is -4.13. The SMILES string of the molecule is COC(=O)c1ccc2c(c1)c(CCCCNC(=O)c1cccc(C(C)C)c1O)cn2-c1ccccn1. The Morgan fingerprint density at radius 3 is 2.64 bits per heavy atom. The van der Waals surface area contributed by atoms with Gasteiger partial charge in [-0.25, -0.2) is 9.78 Å². The highest BCUT2D eigenvalue weighted by Gasteiger charge is 2.16. The molecule has 2 heterocycles. The van der Waals surface area contributed by atoms with Gasteiger partial charge in [-0.3, -0.25) is 4.79 Å². The summed E-state index contributed by atoms with van der Waals surface area (Å²) >= 11 is 0. The quantitative estimate of drug-likeness (QED) is 0.245. The molecule has 4 rings (SSSR count). The number of hydrogen-bond donors (Lipinski definition) is 2. The van der Waals surface area contributed by atoms with E-state index in [0.717, 1.165) is 47.1 Å². The van der Waals surface area contributed by atoms with E-state index in [-0.39, 0.29) is 23.5 Å². The number of methoxy groups -OCH3 is 1. The summed E-state index contributed by atoms with van der Waals surface area (Å²) in [4.78, 5) is 29.2. The number of carbonyl (C=O) groups excluding carboxylic acids is 2. The van der Waals surface area contributed by atoms with Crippen LogP contribution in [0.25, 0.3) is 16.7 Å². The molecule has 0 radical (unpaired) electrons. The van der Waals surface area contributed by atoms with Crippen molar-refractivity contribution in [2.45, 2.75) is 39.0 Å². The predicted molar refractivity (Wildman–Crippen MR) is 140 cm³/mol. The van der Waals surface area contributed by atoms with E-state index in [4.69, 9.17) is 4.74 Å². The lowest BCUT2D eigenvalue weighted by atomic mass is 9.99. The number of fused-ring (bicyclic) bond motifs is 1. The van der Waals surface area contributed by atoms with Gasteiger partial charge in [-0.05, 0) is 72.7 Å². The fourth-order valence-electron chi connectivity index (χ4n) is 4.38. The average molecular weight is 486 g/mol. The van der Waals surface area contributed by atoms with Crippen LogP contribution in [0.4, 0.5) is 0 Å². The molecular formula is C29H31N3O4. The molecule has 4 aromatic rings. The van der Waals surface area contributed by atoms with Gasteiger partial charge in [0.2, 0.25) is 0 Å². The van der Waals surface area contributed by atoms with E-state index in [2.05, 4.69) is 16.5 Å². The van der Waals surface area contributed by atoms with Gasteiger partial charge in [-0.2, -0.15) is 0 Å². The maximum atomic E-state index is 12.6. The summed E-state index contributed by atoms with van der Waals surface area (Å²) < 4.78 is 6.93. The number of nitrogens with one attached hydrogen (secondary N) is 1. The summed E-state index contributed by atoms with van der Waals surface area (Å²) in [5.41, 5.74) is 3.62. The van der Waals surface area contributed by atoms with Gasteiger partial charge in [0.15, 0.2) is 0 Å². The zero-order valence-electron chi connectivity index (χ0n) is 20.8. The van der Waals surface area contributed by atoms with Crippen molar-refractivity contribution < 1.29 is 19.4 Å². The van der Waals surface area contributed by atoms with E-state index in [0.29, 0.717) is 17.7 Å². The molecule has 7 nitrogen and oxygen atoms in total. The minimum atomic E-state index is -0.374. The number of rotatable bonds is 9. The molecule has 0 bridgehead atoms. The largest absolute Gasteiger partial charge is 0.507 e. The number of benzene rings is 2. The number of aromatic hydroxyl groups is 1. The molecule has 2 N–H and O–H groups in total. The standard InChI is InChI=1S/C29H31N3O4/c1-19(2)22-10-8-11-23(27(22)33)28(34)31-16-6-4-9-21-18-32(26-12-5-7-15-30-26)25-14-13-20(17-24(21)25)29(35)36-3/h5,7-8,10-15,17-19,33H,4,6,9,16H2,1-3H3,(H,31,34). The molecule has 0 atom stereocenters. The predicted octanol–water partition coefficient (Wildman–Crippen LogP) is 5.39. The number of aryl methyl sites for hydroxylation is 1. The van der Waals surface area contributed by atoms with Crippen LogP contribution in [-0.2, 0) is 11.2 Å². The average Bonchev–Trinajstić information content (AvgIpc) is 3.26. The molecule has 0 aliphatic heterocycles. The number of amides is 1. The van der Waals surface area contributed by atoms with Crippen LogP contribution in [0, 0.1) is 0 Å². The molecule has 0 spiro atoms. The third-order valence-corrected chi connectivity index (χ3v) is 6.30. The highest BCUT2D eigenvalue weighted by Crippen LogP contribution is 2.29. The number of para-hydroxylation sites is 1. The number of carbonyl (C=O) groups is 2. The van der Waals surface area contributed by atoms with E-state index in [1.165, 1.54) is 7.11 Å². The molecule has 0 fully saturated rings. The van der Waals surface area contributed by atoms with Crippen LogP contribution in [0.2, 0.25) is 0 Å². The van der Waals surface area contributed by atoms with Crippen molar-refractivity contribution in [2.75, 3.05) is 13.7 Å². The second-order valence-corrected chi connectivity index (χ2v) is 9.05. The number of hydrogen-bond acceptors (Lipinski definition) is 5. The first-order valence-corrected chi connectivity index (χ1v) is 12.1. The second kappa shape index (κ2) is 11.1. The molecule has 36 heavy (non-hydrogen) atoms. The first-order valence-electron chi connectivity index (χ1n) is 12.1. The molecule has 7 heteroatoms. The van der Waals surface area contributed by atoms with Crippen LogP contribution in [0.3, 0.4) is 0 Å². The van der Waals surface area contributed by atoms with Crippen molar-refractivity contribution >= 4 is 22.8 Å². The van der Waals surface area contributed by atoms with Crippen molar-refractivity contribution in [3.8, 4) is 11.6 Å². The third-order valence-electron chi connectivity index (χ3n) is 6.30. The zero-order valence-corrected chi connectivity index (χ0v) is 20.8. The normalized spacial score (nSPS) is 11.1. The van der Waals surface area contributed by atoms with Crippen LogP contribution in [0.5, 0.6) is 5.75 Å². The highest BCUT2D eigenvalue weighted by atomic mass is 16.5. The topological polar surface area (TPSA) is 93.5 Å². The number of ether oxygens (including phenoxy) is 1. The van der Waals surface area contributed by atoms with Crippen molar-refractivity contribution in [2.24, 2.45) is 0 Å². The van der Waals surface area contributed by atoms with Gasteiger partial charge in [0.25, 0.3) is 5.91 Å². The summed E-state index contributed by atoms with van der Waals surface area (Å²) in [7, 11) is 1.37. The number of unbranched alkanes of at least 4 members (excludes halogenated alkanes) is 1. The molecule has 0 saturated carbocycles. The minimum Gasteiger partial charge on any atom is -0.507 e. The van der Waals surface area contributed by atoms with Gasteiger partial charge in [0.05, 0.1) is 23.8 Å². The molecule has 0 unspecified atom stereocenters. The fourth-order valence-corrected chi connectivity index (χ4v) is 4.38. The number of nitrogens with zero attached hydrogens (tertiary/aromatic N) is 2. The molecule has 2 aromatic heterocycles. The molecule has 1 amide bonds. The van der Waals surface area contributed by atoms with Gasteiger partial charge < -0.3 is 19.7 Å². The molecular weight excluding hydrogens is 454 g/mol. The summed E-state index contributed by atoms with van der Waals surface area (Å²) in [6.45, 7) is 4.46. The first-order chi connectivity index (χ1) is 17.4. The Morgan fingerprint density at radius 2 is 1.92 bits per heavy atom. The lowest BCUT2D eigenvalue weighted by Gasteiger charge is -2.12. The Labute approximate surface area is 210 Å². The maximum absolute atomic E-state index is 12.6. The van der Waals surface area contributed by atoms with Crippen LogP contribution >= 0.6 is 0 Å². The number of phenols is 1. The maximum Gasteiger partial charge on any atom is 0.337 e. The first kappa shape index (κ1) is 25.0. The van der Waals surface area contributed by atoms with Gasteiger partial charge in [0.1, 0.15) is 11.6 Å². The molecule has 2 aromatic carbocycles. The number of phenolic OH excluding ortho intramolecular Hbond substituents is 1. The number of pyridine rings is 1. The Kier molecular flexibility index (Phi) is 7.68. The van der Waals surface area contributed by atoms with Gasteiger partial charge in [0, 0.05) is 24.3 Å². The summed E-state index contributed by atoms with van der Waals surface area (Å²) in [5.74, 6) is 0.333. The molecule has 0 aliphatic carbocycles. The van der Waals surface area contributed by atoms with Crippen molar-refractivity contribution in [3.05, 3.63) is 89.2 Å². The summed E-state index contributed by atoms with van der Waals surface area (Å²) in [5, 5.41) is 14.3. The molecule has 0 aliphatic rings. The summed E-state index contributed by atoms with van der Waals surface area (Å²) in [6.07, 6.45) is 6.18. The number of aromatic nitrogens is 2. The van der Waals surface area contributed by atoms with E-state index < -0.39 is 0 Å². The van der Waals surface area contributed by atoms with Crippen LogP contribution in [-0.4, -0.2) is 40.2 Å². The zero-order chi connectivity index (χ0) is 25.7. The lowest BCUT2D eigenvalue weighted by molar-refractivity contribution is 0.0600. The van der Waals surface area contributed by atoms with Crippen LogP contribution in [0.1, 0.15) is 64.4 Å². The van der Waals surface area contributed by atoms with Gasteiger partial charge >= 0.3 is 5.97 Å². The van der Waals surface area contributed by atoms with Crippen LogP contribution < -0.4 is 5.32 Å². The van der Waals surface area contributed by atoms with E-state index >= 15 is 0 Å². The fraction of sp³-hybridized carbons (Fsp3) is 0.276. The van der Waals surface area contributed by atoms with Gasteiger partial charge in [-0.1, -0.05) is 32.0 Å². The van der Waals surface area contributed by atoms with E-state index in [1.54, 1.807) is 24.4 Å². The molecule has 0 saturated heterocycles. The lowest BCUT2D eigenvalue weighted by Crippen LogP contribution is -2.24. The number of esters is 1. The van der Waals surface area contributed by atoms with Crippen molar-refractivity contribution in [3.63, 3.8) is 0 Å². The smallest absolute Gasteiger partial charge is 0.337 e. The second-order valence-electron chi connectivity index (χ2n) is 9.05. The van der Waals surface area contributed by atoms with E-state index in [9.17, 15) is 14.7 Å². The Bertz CT molecular complexity index is 1380. The summed E-state index contributed by atoms with van der Waals surface area (Å²) in [6, 6.07) is 16.6. The Balaban J connectivity index is 1.45. The van der Waals surface area contributed by atoms with Crippen molar-refractivity contribution in [1.29, 1.82) is 0 Å². The molecule has 186 valence electrons. The minimum absolute atomic E-state index is 0.0498. The van der Waals surface area contributed by atoms with E-state index in [1.807, 2.05) is 54.8 Å². The van der Waals surface area contributed by atoms with Crippen LogP contribution in [0.15, 0.2) is 67.0 Å². The van der Waals surface area contributed by atoms with Gasteiger partial charge in [-0.15, -0.1) is 0 Å².